The Bertz CT molecular complexity index is 299. The molecule has 0 unspecified atom stereocenters. The Morgan fingerprint density at radius 1 is 1.46 bits per heavy atom. The first kappa shape index (κ1) is 9.84. The highest BCUT2D eigenvalue weighted by Gasteiger charge is 2.32. The summed E-state index contributed by atoms with van der Waals surface area (Å²) in [5.74, 6) is 0. The maximum absolute atomic E-state index is 12.3. The zero-order valence-electron chi connectivity index (χ0n) is 6.86. The van der Waals surface area contributed by atoms with Crippen molar-refractivity contribution in [3.63, 3.8) is 0 Å². The van der Waals surface area contributed by atoms with E-state index in [-0.39, 0.29) is 12.0 Å². The van der Waals surface area contributed by atoms with Crippen LogP contribution in [0.5, 0.6) is 0 Å². The number of benzene rings is 1. The summed E-state index contributed by atoms with van der Waals surface area (Å²) in [6, 6.07) is 6.42. The lowest BCUT2D eigenvalue weighted by molar-refractivity contribution is -0.138. The number of alkyl halides is 3. The van der Waals surface area contributed by atoms with Gasteiger partial charge in [-0.05, 0) is 18.1 Å². The first-order chi connectivity index (χ1) is 6.05. The van der Waals surface area contributed by atoms with E-state index in [1.165, 1.54) is 24.3 Å². The molecule has 0 saturated heterocycles. The molecule has 0 spiro atoms. The summed E-state index contributed by atoms with van der Waals surface area (Å²) in [5, 5.41) is 0. The number of hydrogen-bond donors (Lipinski definition) is 0. The van der Waals surface area contributed by atoms with Gasteiger partial charge in [0.1, 0.15) is 0 Å². The molecule has 0 aliphatic carbocycles. The zero-order chi connectivity index (χ0) is 9.90. The van der Waals surface area contributed by atoms with Crippen LogP contribution < -0.4 is 0 Å². The van der Waals surface area contributed by atoms with E-state index < -0.39 is 11.7 Å². The molecule has 0 nitrogen and oxygen atoms in total. The van der Waals surface area contributed by atoms with Gasteiger partial charge in [0.15, 0.2) is 0 Å². The minimum Gasteiger partial charge on any atom is -0.166 e. The predicted octanol–water partition coefficient (Wildman–Crippen LogP) is 3.23. The number of rotatable bonds is 2. The molecule has 0 bridgehead atoms. The van der Waals surface area contributed by atoms with E-state index in [4.69, 9.17) is 0 Å². The first-order valence-electron chi connectivity index (χ1n) is 3.73. The van der Waals surface area contributed by atoms with E-state index in [1.54, 1.807) is 0 Å². The lowest BCUT2D eigenvalue weighted by atomic mass is 10.0. The van der Waals surface area contributed by atoms with Crippen molar-refractivity contribution in [2.45, 2.75) is 12.6 Å². The molecule has 0 aliphatic rings. The second kappa shape index (κ2) is 3.64. The van der Waals surface area contributed by atoms with E-state index in [2.05, 4.69) is 12.6 Å². The van der Waals surface area contributed by atoms with Crippen molar-refractivity contribution in [3.05, 3.63) is 48.0 Å². The predicted molar refractivity (Wildman–Crippen MR) is 44.2 cm³/mol. The van der Waals surface area contributed by atoms with E-state index >= 15 is 0 Å². The summed E-state index contributed by atoms with van der Waals surface area (Å²) >= 11 is 0. The van der Waals surface area contributed by atoms with Crippen molar-refractivity contribution >= 4 is 0 Å². The molecule has 1 radical (unpaired) electrons. The lowest BCUT2D eigenvalue weighted by Crippen LogP contribution is -2.08. The van der Waals surface area contributed by atoms with Gasteiger partial charge >= 0.3 is 6.18 Å². The van der Waals surface area contributed by atoms with E-state index in [1.807, 2.05) is 0 Å². The molecule has 3 heteroatoms. The fourth-order valence-electron chi connectivity index (χ4n) is 1.06. The third kappa shape index (κ3) is 2.34. The molecule has 1 rings (SSSR count). The summed E-state index contributed by atoms with van der Waals surface area (Å²) in [5.41, 5.74) is -0.486. The number of halogens is 3. The molecule has 0 saturated carbocycles. The van der Waals surface area contributed by atoms with Crippen molar-refractivity contribution in [1.82, 2.24) is 0 Å². The summed E-state index contributed by atoms with van der Waals surface area (Å²) in [6.45, 7) is 3.40. The number of allylic oxidation sites excluding steroid dienone is 1. The Labute approximate surface area is 74.7 Å². The normalized spacial score (nSPS) is 11.3. The monoisotopic (exact) mass is 185 g/mol. The second-order valence-corrected chi connectivity index (χ2v) is 2.56. The Balaban J connectivity index is 3.11. The average molecular weight is 185 g/mol. The second-order valence-electron chi connectivity index (χ2n) is 2.56. The van der Waals surface area contributed by atoms with Crippen LogP contribution in [0.4, 0.5) is 13.2 Å². The smallest absolute Gasteiger partial charge is 0.166 e. The molecular weight excluding hydrogens is 177 g/mol. The first-order valence-corrected chi connectivity index (χ1v) is 3.73. The van der Waals surface area contributed by atoms with E-state index in [0.717, 1.165) is 0 Å². The van der Waals surface area contributed by atoms with Gasteiger partial charge in [-0.1, -0.05) is 24.3 Å². The lowest BCUT2D eigenvalue weighted by Gasteiger charge is -2.10. The maximum Gasteiger partial charge on any atom is 0.417 e. The van der Waals surface area contributed by atoms with Gasteiger partial charge < -0.3 is 0 Å². The molecule has 0 heterocycles. The van der Waals surface area contributed by atoms with Crippen molar-refractivity contribution in [3.8, 4) is 0 Å². The average Bonchev–Trinajstić information content (AvgIpc) is 2.04. The fraction of sp³-hybridized carbons (Fsp3) is 0.200. The minimum atomic E-state index is -4.32. The maximum atomic E-state index is 12.3. The van der Waals surface area contributed by atoms with Gasteiger partial charge in [-0.3, -0.25) is 0 Å². The number of hydrogen-bond acceptors (Lipinski definition) is 0. The molecule has 0 aromatic heterocycles. The topological polar surface area (TPSA) is 0 Å². The van der Waals surface area contributed by atoms with Crippen LogP contribution in [0, 0.1) is 6.07 Å². The quantitative estimate of drug-likeness (QED) is 0.620. The van der Waals surface area contributed by atoms with E-state index in [9.17, 15) is 13.2 Å². The van der Waals surface area contributed by atoms with Gasteiger partial charge in [0.2, 0.25) is 0 Å². The Morgan fingerprint density at radius 2 is 2.15 bits per heavy atom. The van der Waals surface area contributed by atoms with Crippen LogP contribution in [0.2, 0.25) is 0 Å². The highest BCUT2D eigenvalue weighted by Crippen LogP contribution is 2.31. The molecule has 0 fully saturated rings. The zero-order valence-corrected chi connectivity index (χ0v) is 6.86. The Hall–Kier alpha value is -1.25. The van der Waals surface area contributed by atoms with Crippen LogP contribution in [0.25, 0.3) is 0 Å². The van der Waals surface area contributed by atoms with Crippen LogP contribution in [0.1, 0.15) is 11.1 Å². The fourth-order valence-corrected chi connectivity index (χ4v) is 1.06. The largest absolute Gasteiger partial charge is 0.417 e. The molecule has 0 amide bonds. The van der Waals surface area contributed by atoms with Gasteiger partial charge in [-0.25, -0.2) is 0 Å². The van der Waals surface area contributed by atoms with Crippen molar-refractivity contribution in [2.24, 2.45) is 0 Å². The van der Waals surface area contributed by atoms with Crippen LogP contribution >= 0.6 is 0 Å². The molecule has 1 aromatic carbocycles. The van der Waals surface area contributed by atoms with Crippen LogP contribution in [0.15, 0.2) is 30.9 Å². The van der Waals surface area contributed by atoms with Gasteiger partial charge in [0.25, 0.3) is 0 Å². The van der Waals surface area contributed by atoms with Crippen molar-refractivity contribution in [1.29, 1.82) is 0 Å². The third-order valence-corrected chi connectivity index (χ3v) is 1.59. The highest BCUT2D eigenvalue weighted by molar-refractivity contribution is 5.29. The summed E-state index contributed by atoms with van der Waals surface area (Å²) in [6.07, 6.45) is -2.66. The molecular formula is C10H8F3. The molecule has 0 N–H and O–H groups in total. The molecule has 0 atom stereocenters. The van der Waals surface area contributed by atoms with Crippen LogP contribution in [-0.2, 0) is 12.6 Å². The molecule has 13 heavy (non-hydrogen) atoms. The van der Waals surface area contributed by atoms with Crippen molar-refractivity contribution in [2.75, 3.05) is 0 Å². The third-order valence-electron chi connectivity index (χ3n) is 1.59. The van der Waals surface area contributed by atoms with Gasteiger partial charge in [0, 0.05) is 0 Å². The van der Waals surface area contributed by atoms with Gasteiger partial charge in [-0.2, -0.15) is 13.2 Å². The van der Waals surface area contributed by atoms with E-state index in [0.29, 0.717) is 0 Å². The van der Waals surface area contributed by atoms with Crippen LogP contribution in [0.3, 0.4) is 0 Å². The van der Waals surface area contributed by atoms with Gasteiger partial charge in [0.05, 0.1) is 5.56 Å². The summed E-state index contributed by atoms with van der Waals surface area (Å²) in [7, 11) is 0. The summed E-state index contributed by atoms with van der Waals surface area (Å²) < 4.78 is 36.9. The SMILES string of the molecule is C=CCc1ccc[c]c1C(F)(F)F. The van der Waals surface area contributed by atoms with Gasteiger partial charge in [-0.15, -0.1) is 6.58 Å². The highest BCUT2D eigenvalue weighted by atomic mass is 19.4. The molecule has 69 valence electrons. The Morgan fingerprint density at radius 3 is 2.69 bits per heavy atom. The standard InChI is InChI=1S/C10H8F3/c1-2-5-8-6-3-4-7-9(8)10(11,12)13/h2-4,6H,1,5H2. The molecule has 0 aliphatic heterocycles. The van der Waals surface area contributed by atoms with Crippen molar-refractivity contribution < 1.29 is 13.2 Å². The minimum absolute atomic E-state index is 0.213. The Kier molecular flexibility index (Phi) is 2.76. The molecule has 1 aromatic rings. The van der Waals surface area contributed by atoms with Crippen LogP contribution in [-0.4, -0.2) is 0 Å². The summed E-state index contributed by atoms with van der Waals surface area (Å²) in [4.78, 5) is 0.